The van der Waals surface area contributed by atoms with Crippen molar-refractivity contribution in [1.29, 1.82) is 0 Å². The van der Waals surface area contributed by atoms with Crippen LogP contribution in [0.2, 0.25) is 0 Å². The Hall–Kier alpha value is -3.55. The van der Waals surface area contributed by atoms with Crippen LogP contribution in [0.25, 0.3) is 0 Å². The van der Waals surface area contributed by atoms with E-state index < -0.39 is 34.4 Å². The number of amides is 2. The molecule has 2 aromatic carbocycles. The molecule has 3 rings (SSSR count). The zero-order chi connectivity index (χ0) is 17.4. The van der Waals surface area contributed by atoms with Crippen molar-refractivity contribution in [3.8, 4) is 0 Å². The molecule has 8 heteroatoms. The predicted octanol–water partition coefficient (Wildman–Crippen LogP) is 2.02. The van der Waals surface area contributed by atoms with Crippen LogP contribution in [0.15, 0.2) is 48.5 Å². The molecule has 24 heavy (non-hydrogen) atoms. The molecule has 1 unspecified atom stereocenters. The number of fused-ring (bicyclic) bond motifs is 1. The molecule has 0 bridgehead atoms. The van der Waals surface area contributed by atoms with Gasteiger partial charge >= 0.3 is 5.97 Å². The second kappa shape index (κ2) is 5.58. The highest BCUT2D eigenvalue weighted by Crippen LogP contribution is 2.35. The molecule has 1 N–H and O–H groups in total. The smallest absolute Gasteiger partial charge is 0.331 e. The summed E-state index contributed by atoms with van der Waals surface area (Å²) >= 11 is 0. The molecule has 8 nitrogen and oxygen atoms in total. The molecule has 0 fully saturated rings. The molecule has 1 aliphatic rings. The minimum absolute atomic E-state index is 0.170. The first-order chi connectivity index (χ1) is 11.4. The van der Waals surface area contributed by atoms with Crippen LogP contribution in [0, 0.1) is 10.1 Å². The highest BCUT2D eigenvalue weighted by molar-refractivity contribution is 6.24. The summed E-state index contributed by atoms with van der Waals surface area (Å²) in [6, 6.07) is 9.85. The van der Waals surface area contributed by atoms with Gasteiger partial charge < -0.3 is 5.11 Å². The summed E-state index contributed by atoms with van der Waals surface area (Å²) in [5.41, 5.74) is -0.848. The fraction of sp³-hybridized carbons (Fsp3) is 0.0625. The van der Waals surface area contributed by atoms with Crippen molar-refractivity contribution in [2.75, 3.05) is 0 Å². The Kier molecular flexibility index (Phi) is 3.57. The van der Waals surface area contributed by atoms with Gasteiger partial charge in [0.1, 0.15) is 5.56 Å². The van der Waals surface area contributed by atoms with Crippen molar-refractivity contribution in [2.24, 2.45) is 0 Å². The molecule has 0 spiro atoms. The van der Waals surface area contributed by atoms with E-state index in [1.165, 1.54) is 24.3 Å². The number of nitrogens with zero attached hydrogens (tertiary/aromatic N) is 2. The van der Waals surface area contributed by atoms with Gasteiger partial charge in [-0.15, -0.1) is 0 Å². The van der Waals surface area contributed by atoms with Crippen LogP contribution >= 0.6 is 0 Å². The predicted molar refractivity (Wildman–Crippen MR) is 80.4 cm³/mol. The quantitative estimate of drug-likeness (QED) is 0.521. The molecule has 0 radical (unpaired) electrons. The second-order valence-electron chi connectivity index (χ2n) is 5.09. The average Bonchev–Trinajstić information content (AvgIpc) is 2.81. The Morgan fingerprint density at radius 2 is 1.71 bits per heavy atom. The van der Waals surface area contributed by atoms with Crippen LogP contribution in [0.3, 0.4) is 0 Å². The lowest BCUT2D eigenvalue weighted by Crippen LogP contribution is -2.38. The van der Waals surface area contributed by atoms with E-state index in [9.17, 15) is 29.6 Å². The third-order valence-electron chi connectivity index (χ3n) is 3.73. The standard InChI is InChI=1S/C16H10N2O6/c19-14-10-7-4-8-11(18(23)24)12(10)15(20)17(14)13(16(21)22)9-5-2-1-3-6-9/h1-8,13H,(H,21,22). The Morgan fingerprint density at radius 3 is 2.29 bits per heavy atom. The summed E-state index contributed by atoms with van der Waals surface area (Å²) in [5.74, 6) is -3.26. The van der Waals surface area contributed by atoms with E-state index in [4.69, 9.17) is 0 Å². The number of hydrogen-bond donors (Lipinski definition) is 1. The third kappa shape index (κ3) is 2.21. The van der Waals surface area contributed by atoms with Gasteiger partial charge in [-0.25, -0.2) is 4.79 Å². The third-order valence-corrected chi connectivity index (χ3v) is 3.73. The summed E-state index contributed by atoms with van der Waals surface area (Å²) in [4.78, 5) is 47.7. The van der Waals surface area contributed by atoms with Crippen molar-refractivity contribution >= 4 is 23.5 Å². The van der Waals surface area contributed by atoms with Crippen molar-refractivity contribution in [3.05, 3.63) is 75.3 Å². The number of carboxylic acids is 1. The molecule has 1 aliphatic heterocycles. The van der Waals surface area contributed by atoms with Gasteiger partial charge in [0.2, 0.25) is 0 Å². The molecule has 0 aromatic heterocycles. The summed E-state index contributed by atoms with van der Waals surface area (Å²) in [7, 11) is 0. The normalized spacial score (nSPS) is 14.4. The number of carboxylic acid groups (broad SMARTS) is 1. The molecule has 2 amide bonds. The molecule has 1 atom stereocenters. The van der Waals surface area contributed by atoms with Gasteiger partial charge in [-0.2, -0.15) is 0 Å². The summed E-state index contributed by atoms with van der Waals surface area (Å²) in [6.07, 6.45) is 0. The maximum absolute atomic E-state index is 12.6. The first-order valence-electron chi connectivity index (χ1n) is 6.86. The van der Waals surface area contributed by atoms with Crippen LogP contribution < -0.4 is 0 Å². The number of aliphatic carboxylic acids is 1. The fourth-order valence-electron chi connectivity index (χ4n) is 2.71. The Labute approximate surface area is 135 Å². The van der Waals surface area contributed by atoms with Gasteiger partial charge in [0.05, 0.1) is 10.5 Å². The van der Waals surface area contributed by atoms with Crippen molar-refractivity contribution < 1.29 is 24.4 Å². The van der Waals surface area contributed by atoms with Crippen molar-refractivity contribution in [1.82, 2.24) is 4.90 Å². The molecule has 0 aliphatic carbocycles. The number of benzene rings is 2. The molecule has 120 valence electrons. The van der Waals surface area contributed by atoms with E-state index in [1.54, 1.807) is 18.2 Å². The summed E-state index contributed by atoms with van der Waals surface area (Å²) in [6.45, 7) is 0. The van der Waals surface area contributed by atoms with E-state index in [2.05, 4.69) is 0 Å². The molecule has 2 aromatic rings. The Bertz CT molecular complexity index is 877. The number of carbonyl (C=O) groups is 3. The Balaban J connectivity index is 2.15. The largest absolute Gasteiger partial charge is 0.479 e. The van der Waals surface area contributed by atoms with Gasteiger partial charge in [0.25, 0.3) is 17.5 Å². The van der Waals surface area contributed by atoms with Crippen LogP contribution in [-0.2, 0) is 4.79 Å². The van der Waals surface area contributed by atoms with E-state index in [0.29, 0.717) is 4.90 Å². The van der Waals surface area contributed by atoms with E-state index in [0.717, 1.165) is 6.07 Å². The zero-order valence-corrected chi connectivity index (χ0v) is 12.1. The van der Waals surface area contributed by atoms with Crippen molar-refractivity contribution in [2.45, 2.75) is 6.04 Å². The van der Waals surface area contributed by atoms with E-state index in [1.807, 2.05) is 0 Å². The highest BCUT2D eigenvalue weighted by atomic mass is 16.6. The second-order valence-corrected chi connectivity index (χ2v) is 5.09. The van der Waals surface area contributed by atoms with Crippen molar-refractivity contribution in [3.63, 3.8) is 0 Å². The summed E-state index contributed by atoms with van der Waals surface area (Å²) in [5, 5.41) is 20.6. The van der Waals surface area contributed by atoms with E-state index >= 15 is 0 Å². The monoisotopic (exact) mass is 326 g/mol. The lowest BCUT2D eigenvalue weighted by atomic mass is 10.1. The van der Waals surface area contributed by atoms with Gasteiger partial charge in [-0.3, -0.25) is 24.6 Å². The topological polar surface area (TPSA) is 118 Å². The number of rotatable bonds is 4. The van der Waals surface area contributed by atoms with Crippen LogP contribution in [0.5, 0.6) is 0 Å². The molecular formula is C16H10N2O6. The zero-order valence-electron chi connectivity index (χ0n) is 12.1. The first kappa shape index (κ1) is 15.3. The molecule has 0 saturated carbocycles. The molecule has 1 heterocycles. The Morgan fingerprint density at radius 1 is 1.04 bits per heavy atom. The molecule has 0 saturated heterocycles. The van der Waals surface area contributed by atoms with E-state index in [-0.39, 0.29) is 16.7 Å². The van der Waals surface area contributed by atoms with Crippen LogP contribution in [0.4, 0.5) is 5.69 Å². The van der Waals surface area contributed by atoms with Gasteiger partial charge in [-0.1, -0.05) is 36.4 Å². The van der Waals surface area contributed by atoms with Crippen LogP contribution in [-0.4, -0.2) is 32.7 Å². The first-order valence-corrected chi connectivity index (χ1v) is 6.86. The lowest BCUT2D eigenvalue weighted by molar-refractivity contribution is -0.385. The van der Waals surface area contributed by atoms with Crippen LogP contribution in [0.1, 0.15) is 32.3 Å². The minimum Gasteiger partial charge on any atom is -0.479 e. The maximum atomic E-state index is 12.6. The number of imide groups is 1. The van der Waals surface area contributed by atoms with Gasteiger partial charge in [-0.05, 0) is 11.6 Å². The fourth-order valence-corrected chi connectivity index (χ4v) is 2.71. The molecular weight excluding hydrogens is 316 g/mol. The SMILES string of the molecule is O=C(O)C(c1ccccc1)N1C(=O)c2cccc([N+](=O)[O-])c2C1=O. The average molecular weight is 326 g/mol. The highest BCUT2D eigenvalue weighted by Gasteiger charge is 2.46. The van der Waals surface area contributed by atoms with Gasteiger partial charge in [0.15, 0.2) is 6.04 Å². The number of nitro benzene ring substituents is 1. The summed E-state index contributed by atoms with van der Waals surface area (Å²) < 4.78 is 0. The lowest BCUT2D eigenvalue weighted by Gasteiger charge is -2.22. The number of hydrogen-bond acceptors (Lipinski definition) is 5. The minimum atomic E-state index is -1.56. The number of carbonyl (C=O) groups excluding carboxylic acids is 2. The maximum Gasteiger partial charge on any atom is 0.331 e. The number of nitro groups is 1. The van der Waals surface area contributed by atoms with Gasteiger partial charge in [0, 0.05) is 6.07 Å².